The summed E-state index contributed by atoms with van der Waals surface area (Å²) in [5, 5.41) is 0. The van der Waals surface area contributed by atoms with Crippen LogP contribution in [0.5, 0.6) is 0 Å². The lowest BCUT2D eigenvalue weighted by atomic mass is 10.0. The summed E-state index contributed by atoms with van der Waals surface area (Å²) in [4.78, 5) is 30.2. The highest BCUT2D eigenvalue weighted by Crippen LogP contribution is 2.37. The molecule has 0 saturated heterocycles. The first-order valence-corrected chi connectivity index (χ1v) is 13.5. The quantitative estimate of drug-likeness (QED) is 0.350. The van der Waals surface area contributed by atoms with E-state index in [-0.39, 0.29) is 5.97 Å². The topological polar surface area (TPSA) is 83.7 Å². The fourth-order valence-corrected chi connectivity index (χ4v) is 5.87. The maximum Gasteiger partial charge on any atom is 0.340 e. The second kappa shape index (κ2) is 9.75. The SMILES string of the molecule is CCC1=C(C)c2cc3[nH]c(cc4[nH]c(cc5nc(cc1n2)C(C)=C5CC)c(C)c4CC)c(C)c3C(=O)OC. The van der Waals surface area contributed by atoms with Crippen molar-refractivity contribution in [2.75, 3.05) is 7.11 Å². The summed E-state index contributed by atoms with van der Waals surface area (Å²) in [5.41, 5.74) is 16.0. The summed E-state index contributed by atoms with van der Waals surface area (Å²) in [6.07, 6.45) is 2.65. The predicted molar refractivity (Wildman–Crippen MR) is 157 cm³/mol. The highest BCUT2D eigenvalue weighted by Gasteiger charge is 2.22. The molecule has 0 fully saturated rings. The van der Waals surface area contributed by atoms with Crippen LogP contribution in [0.2, 0.25) is 0 Å². The number of fused-ring (bicyclic) bond motifs is 8. The normalized spacial score (nSPS) is 13.5. The minimum atomic E-state index is -0.363. The number of aromatic amines is 2. The number of aromatic nitrogens is 4. The van der Waals surface area contributed by atoms with E-state index in [0.29, 0.717) is 11.1 Å². The first-order valence-electron chi connectivity index (χ1n) is 13.5. The highest BCUT2D eigenvalue weighted by molar-refractivity contribution is 6.03. The number of allylic oxidation sites excluding steroid dienone is 4. The van der Waals surface area contributed by atoms with E-state index in [9.17, 15) is 4.79 Å². The van der Waals surface area contributed by atoms with E-state index in [0.717, 1.165) is 69.7 Å². The van der Waals surface area contributed by atoms with Gasteiger partial charge in [-0.25, -0.2) is 14.8 Å². The molecule has 0 spiro atoms. The van der Waals surface area contributed by atoms with Crippen molar-refractivity contribution in [1.82, 2.24) is 19.9 Å². The van der Waals surface area contributed by atoms with E-state index in [1.807, 2.05) is 13.0 Å². The average molecular weight is 509 g/mol. The number of carbonyl (C=O) groups excluding carboxylic acids is 1. The van der Waals surface area contributed by atoms with Crippen LogP contribution < -0.4 is 0 Å². The van der Waals surface area contributed by atoms with Crippen LogP contribution >= 0.6 is 0 Å². The van der Waals surface area contributed by atoms with Crippen molar-refractivity contribution < 1.29 is 9.53 Å². The van der Waals surface area contributed by atoms with Crippen LogP contribution in [0, 0.1) is 13.8 Å². The van der Waals surface area contributed by atoms with Crippen LogP contribution in [0.4, 0.5) is 0 Å². The Morgan fingerprint density at radius 3 is 1.79 bits per heavy atom. The third-order valence-corrected chi connectivity index (χ3v) is 8.12. The Hall–Kier alpha value is -3.93. The van der Waals surface area contributed by atoms with E-state index >= 15 is 0 Å². The monoisotopic (exact) mass is 508 g/mol. The Balaban J connectivity index is 2.01. The maximum absolute atomic E-state index is 12.9. The molecule has 0 atom stereocenters. The number of aryl methyl sites for hydroxylation is 3. The number of esters is 1. The summed E-state index contributed by atoms with van der Waals surface area (Å²) < 4.78 is 5.18. The summed E-state index contributed by atoms with van der Waals surface area (Å²) >= 11 is 0. The molecule has 196 valence electrons. The number of hydrogen-bond acceptors (Lipinski definition) is 4. The number of nitrogens with zero attached hydrogens (tertiary/aromatic N) is 2. The van der Waals surface area contributed by atoms with Gasteiger partial charge in [0.05, 0.1) is 41.0 Å². The number of H-pyrrole nitrogens is 2. The van der Waals surface area contributed by atoms with Gasteiger partial charge in [0.25, 0.3) is 0 Å². The number of nitrogens with one attached hydrogen (secondary N) is 2. The molecule has 5 heterocycles. The molecule has 0 unspecified atom stereocenters. The molecule has 2 N–H and O–H groups in total. The molecule has 3 aromatic rings. The van der Waals surface area contributed by atoms with Crippen LogP contribution in [0.15, 0.2) is 24.3 Å². The third kappa shape index (κ3) is 3.99. The molecule has 5 rings (SSSR count). The Labute approximate surface area is 223 Å². The summed E-state index contributed by atoms with van der Waals surface area (Å²) in [5.74, 6) is -0.363. The van der Waals surface area contributed by atoms with Gasteiger partial charge >= 0.3 is 5.97 Å². The Bertz CT molecular complexity index is 1710. The zero-order valence-electron chi connectivity index (χ0n) is 23.6. The molecule has 0 aromatic carbocycles. The lowest BCUT2D eigenvalue weighted by molar-refractivity contribution is 0.0602. The molecule has 2 aliphatic heterocycles. The summed E-state index contributed by atoms with van der Waals surface area (Å²) in [6, 6.07) is 8.37. The predicted octanol–water partition coefficient (Wildman–Crippen LogP) is 7.96. The molecule has 8 bridgehead atoms. The number of carbonyl (C=O) groups is 1. The van der Waals surface area contributed by atoms with Gasteiger partial charge < -0.3 is 14.7 Å². The Morgan fingerprint density at radius 1 is 0.684 bits per heavy atom. The highest BCUT2D eigenvalue weighted by atomic mass is 16.5. The molecule has 0 radical (unpaired) electrons. The largest absolute Gasteiger partial charge is 0.465 e. The number of methoxy groups -OCH3 is 1. The zero-order valence-corrected chi connectivity index (χ0v) is 23.6. The lowest BCUT2D eigenvalue weighted by Gasteiger charge is -2.01. The van der Waals surface area contributed by atoms with Crippen molar-refractivity contribution in [1.29, 1.82) is 0 Å². The van der Waals surface area contributed by atoms with Gasteiger partial charge in [-0.3, -0.25) is 0 Å². The molecule has 2 aliphatic rings. The fraction of sp³-hybridized carbons (Fsp3) is 0.344. The van der Waals surface area contributed by atoms with Gasteiger partial charge in [-0.05, 0) is 110 Å². The molecule has 6 heteroatoms. The van der Waals surface area contributed by atoms with Gasteiger partial charge in [0.15, 0.2) is 0 Å². The molecule has 6 nitrogen and oxygen atoms in total. The van der Waals surface area contributed by atoms with Crippen molar-refractivity contribution in [3.63, 3.8) is 0 Å². The number of hydrogen-bond donors (Lipinski definition) is 2. The van der Waals surface area contributed by atoms with E-state index in [1.165, 1.54) is 35.0 Å². The fourth-order valence-electron chi connectivity index (χ4n) is 5.87. The van der Waals surface area contributed by atoms with Gasteiger partial charge in [-0.2, -0.15) is 0 Å². The van der Waals surface area contributed by atoms with Gasteiger partial charge in [-0.15, -0.1) is 0 Å². The molecule has 3 aromatic heterocycles. The summed E-state index contributed by atoms with van der Waals surface area (Å²) in [7, 11) is 1.42. The van der Waals surface area contributed by atoms with Gasteiger partial charge in [0.1, 0.15) is 0 Å². The van der Waals surface area contributed by atoms with Gasteiger partial charge in [-0.1, -0.05) is 20.8 Å². The molecule has 38 heavy (non-hydrogen) atoms. The van der Waals surface area contributed by atoms with E-state index < -0.39 is 0 Å². The van der Waals surface area contributed by atoms with Crippen molar-refractivity contribution >= 4 is 50.3 Å². The maximum atomic E-state index is 12.9. The van der Waals surface area contributed by atoms with Gasteiger partial charge in [0.2, 0.25) is 0 Å². The number of ether oxygens (including phenoxy) is 1. The smallest absolute Gasteiger partial charge is 0.340 e. The van der Waals surface area contributed by atoms with Crippen molar-refractivity contribution in [2.45, 2.75) is 67.7 Å². The average Bonchev–Trinajstić information content (AvgIpc) is 3.56. The first kappa shape index (κ1) is 25.7. The van der Waals surface area contributed by atoms with Crippen LogP contribution in [0.1, 0.15) is 97.3 Å². The van der Waals surface area contributed by atoms with E-state index in [4.69, 9.17) is 14.7 Å². The minimum absolute atomic E-state index is 0.363. The molecular weight excluding hydrogens is 472 g/mol. The molecule has 0 amide bonds. The van der Waals surface area contributed by atoms with E-state index in [1.54, 1.807) is 0 Å². The minimum Gasteiger partial charge on any atom is -0.465 e. The van der Waals surface area contributed by atoms with Crippen molar-refractivity contribution in [3.8, 4) is 0 Å². The van der Waals surface area contributed by atoms with Crippen molar-refractivity contribution in [3.05, 3.63) is 69.3 Å². The Kier molecular flexibility index (Phi) is 6.59. The second-order valence-corrected chi connectivity index (χ2v) is 10.1. The first-order chi connectivity index (χ1) is 18.2. The van der Waals surface area contributed by atoms with Gasteiger partial charge in [0, 0.05) is 16.6 Å². The lowest BCUT2D eigenvalue weighted by Crippen LogP contribution is -2.01. The summed E-state index contributed by atoms with van der Waals surface area (Å²) in [6.45, 7) is 14.9. The van der Waals surface area contributed by atoms with Crippen LogP contribution in [-0.4, -0.2) is 33.0 Å². The number of rotatable bonds is 4. The van der Waals surface area contributed by atoms with E-state index in [2.05, 4.69) is 69.7 Å². The third-order valence-electron chi connectivity index (χ3n) is 8.12. The molecule has 0 saturated carbocycles. The zero-order chi connectivity index (χ0) is 27.3. The second-order valence-electron chi connectivity index (χ2n) is 10.1. The van der Waals surface area contributed by atoms with Crippen LogP contribution in [0.25, 0.3) is 44.4 Å². The standard InChI is InChI=1S/C32H36N4O2/c1-9-20-16(4)23-13-28-22(11-3)18(6)25(35-28)15-30-31(32(37)38-8)19(7)26(36-30)14-29-21(10-2)17(5)24(34-29)12-27(20)33-23/h12-15,34,36H,9-11H2,1-8H3. The molecular formula is C32H36N4O2. The van der Waals surface area contributed by atoms with Crippen LogP contribution in [-0.2, 0) is 11.2 Å². The Morgan fingerprint density at radius 2 is 1.21 bits per heavy atom. The van der Waals surface area contributed by atoms with Crippen LogP contribution in [0.3, 0.4) is 0 Å². The van der Waals surface area contributed by atoms with Crippen molar-refractivity contribution in [2.24, 2.45) is 0 Å². The molecule has 0 aliphatic carbocycles.